The fraction of sp³-hybridized carbons (Fsp3) is 0.696. The van der Waals surface area contributed by atoms with Crippen LogP contribution in [0.4, 0.5) is 0 Å². The quantitative estimate of drug-likeness (QED) is 0.714. The zero-order chi connectivity index (χ0) is 18.6. The molecule has 0 spiro atoms. The van der Waals surface area contributed by atoms with Crippen molar-refractivity contribution in [3.63, 3.8) is 0 Å². The molecule has 0 amide bonds. The third kappa shape index (κ3) is 4.72. The van der Waals surface area contributed by atoms with Gasteiger partial charge in [-0.25, -0.2) is 4.79 Å². The van der Waals surface area contributed by atoms with Gasteiger partial charge in [0.2, 0.25) is 0 Å². The van der Waals surface area contributed by atoms with Crippen molar-refractivity contribution in [1.82, 2.24) is 9.80 Å². The molecule has 1 unspecified atom stereocenters. The lowest BCUT2D eigenvalue weighted by Crippen LogP contribution is -2.44. The van der Waals surface area contributed by atoms with Gasteiger partial charge in [-0.05, 0) is 88.0 Å². The van der Waals surface area contributed by atoms with Crippen LogP contribution in [0.25, 0.3) is 0 Å². The van der Waals surface area contributed by atoms with Crippen LogP contribution in [0.15, 0.2) is 30.3 Å². The van der Waals surface area contributed by atoms with Gasteiger partial charge in [0.25, 0.3) is 0 Å². The number of hydrogen-bond acceptors (Lipinski definition) is 4. The van der Waals surface area contributed by atoms with Gasteiger partial charge in [-0.15, -0.1) is 0 Å². The van der Waals surface area contributed by atoms with Gasteiger partial charge in [0.05, 0.1) is 7.11 Å². The molecule has 0 bridgehead atoms. The first-order valence-corrected chi connectivity index (χ1v) is 10.8. The van der Waals surface area contributed by atoms with E-state index in [0.29, 0.717) is 0 Å². The van der Waals surface area contributed by atoms with Crippen molar-refractivity contribution in [3.05, 3.63) is 35.9 Å². The number of piperidine rings is 2. The summed E-state index contributed by atoms with van der Waals surface area (Å²) in [5.74, 6) is 2.60. The zero-order valence-electron chi connectivity index (χ0n) is 16.7. The van der Waals surface area contributed by atoms with Crippen molar-refractivity contribution >= 4 is 5.97 Å². The van der Waals surface area contributed by atoms with Crippen molar-refractivity contribution in [3.8, 4) is 0 Å². The molecule has 4 heteroatoms. The molecule has 148 valence electrons. The minimum absolute atomic E-state index is 0.131. The Balaban J connectivity index is 1.30. The molecule has 0 aromatic heterocycles. The maximum atomic E-state index is 12.5. The van der Waals surface area contributed by atoms with Crippen LogP contribution in [0.5, 0.6) is 0 Å². The molecule has 1 atom stereocenters. The predicted octanol–water partition coefficient (Wildman–Crippen LogP) is 3.73. The molecule has 3 aliphatic rings. The van der Waals surface area contributed by atoms with Crippen LogP contribution in [-0.2, 0) is 9.53 Å². The molecule has 2 heterocycles. The summed E-state index contributed by atoms with van der Waals surface area (Å²) in [6, 6.07) is 9.85. The van der Waals surface area contributed by atoms with Gasteiger partial charge in [-0.3, -0.25) is 4.90 Å². The highest BCUT2D eigenvalue weighted by molar-refractivity contribution is 5.77. The highest BCUT2D eigenvalue weighted by atomic mass is 16.5. The highest BCUT2D eigenvalue weighted by Gasteiger charge is 2.35. The van der Waals surface area contributed by atoms with Crippen LogP contribution >= 0.6 is 0 Å². The normalized spacial score (nSPS) is 24.6. The van der Waals surface area contributed by atoms with E-state index >= 15 is 0 Å². The molecule has 1 saturated carbocycles. The van der Waals surface area contributed by atoms with E-state index in [1.54, 1.807) is 0 Å². The number of hydrogen-bond donors (Lipinski definition) is 0. The van der Waals surface area contributed by atoms with Gasteiger partial charge < -0.3 is 9.64 Å². The van der Waals surface area contributed by atoms with E-state index < -0.39 is 0 Å². The van der Waals surface area contributed by atoms with E-state index in [2.05, 4.69) is 9.80 Å². The summed E-state index contributed by atoms with van der Waals surface area (Å²) in [6.07, 6.45) is 8.09. The molecule has 27 heavy (non-hydrogen) atoms. The largest absolute Gasteiger partial charge is 0.468 e. The van der Waals surface area contributed by atoms with Crippen LogP contribution in [0.2, 0.25) is 0 Å². The maximum absolute atomic E-state index is 12.5. The van der Waals surface area contributed by atoms with Gasteiger partial charge >= 0.3 is 5.97 Å². The van der Waals surface area contributed by atoms with Crippen molar-refractivity contribution in [2.45, 2.75) is 44.6 Å². The summed E-state index contributed by atoms with van der Waals surface area (Å²) >= 11 is 0. The van der Waals surface area contributed by atoms with Crippen LogP contribution in [-0.4, -0.2) is 55.6 Å². The molecule has 1 aromatic carbocycles. The molecule has 0 N–H and O–H groups in total. The second-order valence-electron chi connectivity index (χ2n) is 8.79. The monoisotopic (exact) mass is 370 g/mol. The number of nitrogens with zero attached hydrogens (tertiary/aromatic N) is 2. The number of benzene rings is 1. The van der Waals surface area contributed by atoms with Crippen LogP contribution in [0.1, 0.15) is 50.1 Å². The summed E-state index contributed by atoms with van der Waals surface area (Å²) in [5.41, 5.74) is 1.05. The lowest BCUT2D eigenvalue weighted by atomic mass is 9.78. The first kappa shape index (κ1) is 18.9. The Morgan fingerprint density at radius 1 is 0.963 bits per heavy atom. The van der Waals surface area contributed by atoms with Crippen molar-refractivity contribution in [2.75, 3.05) is 39.8 Å². The number of carbonyl (C=O) groups excluding carboxylic acids is 1. The molecule has 4 nitrogen and oxygen atoms in total. The van der Waals surface area contributed by atoms with Crippen molar-refractivity contribution in [1.29, 1.82) is 0 Å². The van der Waals surface area contributed by atoms with Gasteiger partial charge in [0, 0.05) is 6.54 Å². The van der Waals surface area contributed by atoms with Gasteiger partial charge in [0.1, 0.15) is 6.04 Å². The summed E-state index contributed by atoms with van der Waals surface area (Å²) < 4.78 is 5.13. The number of esters is 1. The molecule has 2 aliphatic heterocycles. The van der Waals surface area contributed by atoms with Crippen LogP contribution in [0.3, 0.4) is 0 Å². The fourth-order valence-electron chi connectivity index (χ4n) is 5.16. The Kier molecular flexibility index (Phi) is 6.14. The molecule has 1 aliphatic carbocycles. The van der Waals surface area contributed by atoms with E-state index in [9.17, 15) is 4.79 Å². The minimum Gasteiger partial charge on any atom is -0.468 e. The smallest absolute Gasteiger partial charge is 0.327 e. The fourth-order valence-corrected chi connectivity index (χ4v) is 5.16. The number of ether oxygens (including phenoxy) is 1. The number of carbonyl (C=O) groups is 1. The molecular weight excluding hydrogens is 336 g/mol. The summed E-state index contributed by atoms with van der Waals surface area (Å²) in [6.45, 7) is 5.96. The summed E-state index contributed by atoms with van der Waals surface area (Å²) in [4.78, 5) is 17.5. The Morgan fingerprint density at radius 3 is 2.11 bits per heavy atom. The molecular formula is C23H34N2O2. The lowest BCUT2D eigenvalue weighted by molar-refractivity contribution is -0.148. The Bertz CT molecular complexity index is 600. The lowest BCUT2D eigenvalue weighted by Gasteiger charge is -2.41. The van der Waals surface area contributed by atoms with Crippen LogP contribution in [0, 0.1) is 17.8 Å². The average Bonchev–Trinajstić information content (AvgIpc) is 3.54. The maximum Gasteiger partial charge on any atom is 0.327 e. The van der Waals surface area contributed by atoms with E-state index in [4.69, 9.17) is 4.74 Å². The van der Waals surface area contributed by atoms with E-state index in [-0.39, 0.29) is 12.0 Å². The van der Waals surface area contributed by atoms with Crippen molar-refractivity contribution in [2.24, 2.45) is 17.8 Å². The third-order valence-corrected chi connectivity index (χ3v) is 6.99. The topological polar surface area (TPSA) is 32.8 Å². The summed E-state index contributed by atoms with van der Waals surface area (Å²) in [5, 5.41) is 0. The minimum atomic E-state index is -0.252. The standard InChI is InChI=1S/C23H34N2O2/c1-27-23(26)22(21-5-3-2-4-6-21)25-15-11-20(12-16-25)19-9-13-24(14-10-19)17-18-7-8-18/h2-6,18-20,22H,7-17H2,1H3. The van der Waals surface area contributed by atoms with Gasteiger partial charge in [-0.2, -0.15) is 0 Å². The molecule has 0 radical (unpaired) electrons. The zero-order valence-corrected chi connectivity index (χ0v) is 16.7. The van der Waals surface area contributed by atoms with Gasteiger partial charge in [0.15, 0.2) is 0 Å². The first-order chi connectivity index (χ1) is 13.2. The molecule has 1 aromatic rings. The van der Waals surface area contributed by atoms with Crippen LogP contribution < -0.4 is 0 Å². The first-order valence-electron chi connectivity index (χ1n) is 10.8. The Labute approximate surface area is 163 Å². The molecule has 3 fully saturated rings. The molecule has 2 saturated heterocycles. The SMILES string of the molecule is COC(=O)C(c1ccccc1)N1CCC(C2CCN(CC3CC3)CC2)CC1. The predicted molar refractivity (Wildman–Crippen MR) is 107 cm³/mol. The number of rotatable bonds is 6. The summed E-state index contributed by atoms with van der Waals surface area (Å²) in [7, 11) is 1.50. The van der Waals surface area contributed by atoms with Gasteiger partial charge in [-0.1, -0.05) is 30.3 Å². The average molecular weight is 371 g/mol. The van der Waals surface area contributed by atoms with E-state index in [1.807, 2.05) is 30.3 Å². The second kappa shape index (κ2) is 8.74. The van der Waals surface area contributed by atoms with Crippen molar-refractivity contribution < 1.29 is 9.53 Å². The van der Waals surface area contributed by atoms with E-state index in [1.165, 1.54) is 65.3 Å². The second-order valence-corrected chi connectivity index (χ2v) is 8.79. The third-order valence-electron chi connectivity index (χ3n) is 6.99. The Morgan fingerprint density at radius 2 is 1.56 bits per heavy atom. The number of likely N-dealkylation sites (tertiary alicyclic amines) is 2. The van der Waals surface area contributed by atoms with E-state index in [0.717, 1.165) is 36.4 Å². The Hall–Kier alpha value is -1.39. The molecule has 4 rings (SSSR count). The number of methoxy groups -OCH3 is 1. The highest BCUT2D eigenvalue weighted by Crippen LogP contribution is 2.36.